The van der Waals surface area contributed by atoms with E-state index in [4.69, 9.17) is 4.74 Å². The lowest BCUT2D eigenvalue weighted by Crippen LogP contribution is -2.17. The number of esters is 1. The predicted molar refractivity (Wildman–Crippen MR) is 77.4 cm³/mol. The van der Waals surface area contributed by atoms with Gasteiger partial charge in [-0.25, -0.2) is 0 Å². The van der Waals surface area contributed by atoms with Crippen LogP contribution >= 0.6 is 0 Å². The van der Waals surface area contributed by atoms with Crippen LogP contribution in [0.1, 0.15) is 38.2 Å². The minimum absolute atomic E-state index is 0.000671. The van der Waals surface area contributed by atoms with Gasteiger partial charge >= 0.3 is 5.97 Å². The van der Waals surface area contributed by atoms with E-state index in [0.717, 1.165) is 5.56 Å². The quantitative estimate of drug-likeness (QED) is 0.755. The van der Waals surface area contributed by atoms with E-state index in [-0.39, 0.29) is 42.4 Å². The first-order valence-corrected chi connectivity index (χ1v) is 7.28. The smallest absolute Gasteiger partial charge is 0.306 e. The number of rotatable bonds is 6. The average molecular weight is 288 g/mol. The minimum atomic E-state index is -0.277. The minimum Gasteiger partial charge on any atom is -0.461 e. The van der Waals surface area contributed by atoms with Crippen LogP contribution < -0.4 is 0 Å². The predicted octanol–water partition coefficient (Wildman–Crippen LogP) is 2.69. The van der Waals surface area contributed by atoms with Crippen molar-refractivity contribution in [2.45, 2.75) is 39.2 Å². The molecule has 2 rings (SSSR count). The van der Waals surface area contributed by atoms with Crippen molar-refractivity contribution < 1.29 is 19.1 Å². The summed E-state index contributed by atoms with van der Waals surface area (Å²) in [6, 6.07) is 9.49. The zero-order valence-electron chi connectivity index (χ0n) is 12.2. The fraction of sp³-hybridized carbons (Fsp3) is 0.471. The molecule has 0 spiro atoms. The van der Waals surface area contributed by atoms with Gasteiger partial charge in [0, 0.05) is 25.2 Å². The topological polar surface area (TPSA) is 60.4 Å². The summed E-state index contributed by atoms with van der Waals surface area (Å²) in [5.41, 5.74) is 0.948. The molecule has 1 aromatic rings. The van der Waals surface area contributed by atoms with E-state index < -0.39 is 0 Å². The molecular weight excluding hydrogens is 268 g/mol. The molecule has 0 aromatic heterocycles. The Labute approximate surface area is 124 Å². The van der Waals surface area contributed by atoms with Crippen LogP contribution in [0.25, 0.3) is 0 Å². The molecule has 0 bridgehead atoms. The highest BCUT2D eigenvalue weighted by atomic mass is 16.5. The Bertz CT molecular complexity index is 521. The van der Waals surface area contributed by atoms with Crippen molar-refractivity contribution >= 4 is 17.5 Å². The van der Waals surface area contributed by atoms with Crippen molar-refractivity contribution in [1.29, 1.82) is 0 Å². The summed E-state index contributed by atoms with van der Waals surface area (Å²) in [5, 5.41) is 0. The number of carbonyl (C=O) groups is 3. The molecule has 0 amide bonds. The third-order valence-electron chi connectivity index (χ3n) is 3.99. The molecule has 1 aliphatic carbocycles. The SMILES string of the molecule is CC(=O)C1CC(=O)CC1CCC(=O)OCc1ccccc1. The van der Waals surface area contributed by atoms with Crippen LogP contribution in [-0.2, 0) is 25.7 Å². The number of ketones is 2. The zero-order chi connectivity index (χ0) is 15.2. The number of ether oxygens (including phenoxy) is 1. The number of Topliss-reactive ketones (excluding diaryl/α,β-unsaturated/α-hetero) is 2. The van der Waals surface area contributed by atoms with Crippen LogP contribution in [0.2, 0.25) is 0 Å². The van der Waals surface area contributed by atoms with Gasteiger partial charge in [0.25, 0.3) is 0 Å². The van der Waals surface area contributed by atoms with Gasteiger partial charge in [-0.2, -0.15) is 0 Å². The lowest BCUT2D eigenvalue weighted by atomic mass is 9.89. The van der Waals surface area contributed by atoms with Gasteiger partial charge in [0.05, 0.1) is 0 Å². The van der Waals surface area contributed by atoms with Gasteiger partial charge in [-0.3, -0.25) is 14.4 Å². The van der Waals surface area contributed by atoms with Crippen molar-refractivity contribution in [3.8, 4) is 0 Å². The van der Waals surface area contributed by atoms with E-state index in [2.05, 4.69) is 0 Å². The average Bonchev–Trinajstić information content (AvgIpc) is 2.85. The number of carbonyl (C=O) groups excluding carboxylic acids is 3. The van der Waals surface area contributed by atoms with Gasteiger partial charge < -0.3 is 4.74 Å². The summed E-state index contributed by atoms with van der Waals surface area (Å²) in [6.07, 6.45) is 1.55. The first-order valence-electron chi connectivity index (χ1n) is 7.28. The molecule has 0 saturated heterocycles. The molecule has 0 aliphatic heterocycles. The standard InChI is InChI=1S/C17H20O4/c1-12(18)16-10-15(19)9-14(16)7-8-17(20)21-11-13-5-3-2-4-6-13/h2-6,14,16H,7-11H2,1H3. The molecule has 0 N–H and O–H groups in total. The third-order valence-corrected chi connectivity index (χ3v) is 3.99. The fourth-order valence-corrected chi connectivity index (χ4v) is 2.82. The van der Waals surface area contributed by atoms with Crippen LogP contribution in [0.5, 0.6) is 0 Å². The molecule has 2 unspecified atom stereocenters. The second-order valence-electron chi connectivity index (χ2n) is 5.61. The lowest BCUT2D eigenvalue weighted by Gasteiger charge is -2.15. The van der Waals surface area contributed by atoms with Crippen molar-refractivity contribution in [3.05, 3.63) is 35.9 Å². The lowest BCUT2D eigenvalue weighted by molar-refractivity contribution is -0.145. The Morgan fingerprint density at radius 3 is 2.57 bits per heavy atom. The Balaban J connectivity index is 1.76. The van der Waals surface area contributed by atoms with Gasteiger partial charge in [0.2, 0.25) is 0 Å². The number of benzene rings is 1. The highest BCUT2D eigenvalue weighted by molar-refractivity contribution is 5.90. The van der Waals surface area contributed by atoms with Gasteiger partial charge in [0.1, 0.15) is 18.2 Å². The first-order chi connectivity index (χ1) is 10.1. The van der Waals surface area contributed by atoms with Crippen LogP contribution in [0, 0.1) is 11.8 Å². The highest BCUT2D eigenvalue weighted by Gasteiger charge is 2.35. The van der Waals surface area contributed by atoms with E-state index >= 15 is 0 Å². The zero-order valence-corrected chi connectivity index (χ0v) is 12.2. The van der Waals surface area contributed by atoms with Gasteiger partial charge in [0.15, 0.2) is 0 Å². The van der Waals surface area contributed by atoms with Crippen molar-refractivity contribution in [2.24, 2.45) is 11.8 Å². The molecule has 112 valence electrons. The third kappa shape index (κ3) is 4.52. The van der Waals surface area contributed by atoms with E-state index in [1.54, 1.807) is 0 Å². The Morgan fingerprint density at radius 1 is 1.19 bits per heavy atom. The largest absolute Gasteiger partial charge is 0.461 e. The summed E-state index contributed by atoms with van der Waals surface area (Å²) < 4.78 is 5.20. The van der Waals surface area contributed by atoms with Gasteiger partial charge in [-0.05, 0) is 24.8 Å². The molecule has 1 fully saturated rings. The molecule has 1 aliphatic rings. The second-order valence-corrected chi connectivity index (χ2v) is 5.61. The molecule has 21 heavy (non-hydrogen) atoms. The summed E-state index contributed by atoms with van der Waals surface area (Å²) in [5.74, 6) is -0.319. The van der Waals surface area contributed by atoms with Crippen molar-refractivity contribution in [1.82, 2.24) is 0 Å². The normalized spacial score (nSPS) is 21.3. The van der Waals surface area contributed by atoms with E-state index in [9.17, 15) is 14.4 Å². The number of hydrogen-bond acceptors (Lipinski definition) is 4. The Hall–Kier alpha value is -1.97. The second kappa shape index (κ2) is 7.16. The summed E-state index contributed by atoms with van der Waals surface area (Å²) in [6.45, 7) is 1.78. The van der Waals surface area contributed by atoms with E-state index in [1.165, 1.54) is 6.92 Å². The van der Waals surface area contributed by atoms with Gasteiger partial charge in [-0.15, -0.1) is 0 Å². The van der Waals surface area contributed by atoms with Gasteiger partial charge in [-0.1, -0.05) is 30.3 Å². The molecule has 4 heteroatoms. The summed E-state index contributed by atoms with van der Waals surface area (Å²) in [4.78, 5) is 34.7. The van der Waals surface area contributed by atoms with E-state index in [1.807, 2.05) is 30.3 Å². The molecule has 1 saturated carbocycles. The van der Waals surface area contributed by atoms with Crippen LogP contribution in [0.15, 0.2) is 30.3 Å². The maximum absolute atomic E-state index is 11.7. The Kier molecular flexibility index (Phi) is 5.26. The summed E-state index contributed by atoms with van der Waals surface area (Å²) in [7, 11) is 0. The van der Waals surface area contributed by atoms with Crippen LogP contribution in [0.3, 0.4) is 0 Å². The monoisotopic (exact) mass is 288 g/mol. The van der Waals surface area contributed by atoms with Crippen LogP contribution in [-0.4, -0.2) is 17.5 Å². The summed E-state index contributed by atoms with van der Waals surface area (Å²) >= 11 is 0. The van der Waals surface area contributed by atoms with Crippen molar-refractivity contribution in [3.63, 3.8) is 0 Å². The fourth-order valence-electron chi connectivity index (χ4n) is 2.82. The van der Waals surface area contributed by atoms with Crippen LogP contribution in [0.4, 0.5) is 0 Å². The maximum Gasteiger partial charge on any atom is 0.306 e. The molecule has 0 heterocycles. The Morgan fingerprint density at radius 2 is 1.90 bits per heavy atom. The molecule has 2 atom stereocenters. The maximum atomic E-state index is 11.7. The molecule has 1 aromatic carbocycles. The molecule has 0 radical (unpaired) electrons. The highest BCUT2D eigenvalue weighted by Crippen LogP contribution is 2.33. The van der Waals surface area contributed by atoms with Crippen molar-refractivity contribution in [2.75, 3.05) is 0 Å². The molecular formula is C17H20O4. The molecule has 4 nitrogen and oxygen atoms in total. The number of hydrogen-bond donors (Lipinski definition) is 0. The first kappa shape index (κ1) is 15.4. The van der Waals surface area contributed by atoms with E-state index in [0.29, 0.717) is 19.3 Å².